The molecule has 0 aromatic heterocycles. The number of nitrogens with two attached hydrogens (primary N) is 1. The van der Waals surface area contributed by atoms with Crippen LogP contribution < -0.4 is 15.8 Å². The summed E-state index contributed by atoms with van der Waals surface area (Å²) in [6, 6.07) is 6.73. The molecule has 1 atom stereocenters. The first-order valence-corrected chi connectivity index (χ1v) is 8.01. The number of hydrogen-bond donors (Lipinski definition) is 2. The molecule has 23 heavy (non-hydrogen) atoms. The van der Waals surface area contributed by atoms with E-state index in [2.05, 4.69) is 26.1 Å². The third-order valence-electron chi connectivity index (χ3n) is 3.46. The van der Waals surface area contributed by atoms with Crippen molar-refractivity contribution >= 4 is 11.8 Å². The summed E-state index contributed by atoms with van der Waals surface area (Å²) in [5.74, 6) is 0.0815. The van der Waals surface area contributed by atoms with E-state index < -0.39 is 11.9 Å². The van der Waals surface area contributed by atoms with Gasteiger partial charge in [0, 0.05) is 0 Å². The maximum atomic E-state index is 12.1. The van der Waals surface area contributed by atoms with E-state index in [1.807, 2.05) is 31.2 Å². The number of ether oxygens (including phenoxy) is 1. The molecule has 0 aliphatic heterocycles. The van der Waals surface area contributed by atoms with Gasteiger partial charge >= 0.3 is 0 Å². The molecule has 3 N–H and O–H groups in total. The van der Waals surface area contributed by atoms with Crippen molar-refractivity contribution in [2.75, 3.05) is 6.61 Å². The Morgan fingerprint density at radius 3 is 2.30 bits per heavy atom. The van der Waals surface area contributed by atoms with E-state index >= 15 is 0 Å². The number of primary amides is 1. The predicted molar refractivity (Wildman–Crippen MR) is 91.1 cm³/mol. The quantitative estimate of drug-likeness (QED) is 0.772. The van der Waals surface area contributed by atoms with Gasteiger partial charge in [-0.25, -0.2) is 0 Å². The van der Waals surface area contributed by atoms with Gasteiger partial charge in [0.2, 0.25) is 11.8 Å². The molecule has 0 spiro atoms. The highest BCUT2D eigenvalue weighted by Gasteiger charge is 2.21. The van der Waals surface area contributed by atoms with Gasteiger partial charge in [-0.05, 0) is 42.9 Å². The summed E-state index contributed by atoms with van der Waals surface area (Å²) in [6.07, 6.45) is 1.57. The van der Waals surface area contributed by atoms with Crippen LogP contribution in [0.15, 0.2) is 24.3 Å². The molecule has 0 bridgehead atoms. The van der Waals surface area contributed by atoms with Crippen molar-refractivity contribution in [3.05, 3.63) is 29.8 Å². The molecule has 1 aromatic rings. The highest BCUT2D eigenvalue weighted by Crippen LogP contribution is 2.21. The number of rotatable bonds is 8. The molecule has 0 fully saturated rings. The lowest BCUT2D eigenvalue weighted by Crippen LogP contribution is -2.45. The molecule has 1 aromatic carbocycles. The summed E-state index contributed by atoms with van der Waals surface area (Å²) in [6.45, 7) is 8.79. The van der Waals surface area contributed by atoms with Crippen molar-refractivity contribution in [1.82, 2.24) is 5.32 Å². The first kappa shape index (κ1) is 19.0. The van der Waals surface area contributed by atoms with Crippen LogP contribution in [0.25, 0.3) is 0 Å². The number of amides is 2. The zero-order valence-electron chi connectivity index (χ0n) is 14.5. The lowest BCUT2D eigenvalue weighted by atomic mass is 9.88. The Morgan fingerprint density at radius 1 is 1.22 bits per heavy atom. The van der Waals surface area contributed by atoms with Crippen LogP contribution in [-0.2, 0) is 16.0 Å². The van der Waals surface area contributed by atoms with Crippen LogP contribution in [-0.4, -0.2) is 24.5 Å². The molecule has 0 saturated carbocycles. The first-order chi connectivity index (χ1) is 10.7. The average molecular weight is 320 g/mol. The van der Waals surface area contributed by atoms with Crippen molar-refractivity contribution in [1.29, 1.82) is 0 Å². The average Bonchev–Trinajstić information content (AvgIpc) is 2.44. The normalized spacial score (nSPS) is 12.5. The third-order valence-corrected chi connectivity index (χ3v) is 3.46. The van der Waals surface area contributed by atoms with Crippen LogP contribution >= 0.6 is 0 Å². The van der Waals surface area contributed by atoms with Crippen molar-refractivity contribution < 1.29 is 14.3 Å². The minimum absolute atomic E-state index is 0.0908. The van der Waals surface area contributed by atoms with E-state index in [1.54, 1.807) is 0 Å². The Balaban J connectivity index is 2.56. The lowest BCUT2D eigenvalue weighted by Gasteiger charge is -2.22. The number of carbonyl (C=O) groups is 2. The van der Waals surface area contributed by atoms with Crippen molar-refractivity contribution in [2.45, 2.75) is 53.0 Å². The monoisotopic (exact) mass is 320 g/mol. The molecule has 0 radical (unpaired) electrons. The van der Waals surface area contributed by atoms with Crippen molar-refractivity contribution in [2.24, 2.45) is 11.1 Å². The molecule has 5 nitrogen and oxygen atoms in total. The second-order valence-electron chi connectivity index (χ2n) is 6.88. The van der Waals surface area contributed by atoms with Crippen molar-refractivity contribution in [3.8, 4) is 5.75 Å². The summed E-state index contributed by atoms with van der Waals surface area (Å²) >= 11 is 0. The number of carbonyl (C=O) groups excluding carboxylic acids is 2. The van der Waals surface area contributed by atoms with E-state index in [9.17, 15) is 9.59 Å². The highest BCUT2D eigenvalue weighted by molar-refractivity contribution is 5.87. The Bertz CT molecular complexity index is 518. The van der Waals surface area contributed by atoms with Crippen LogP contribution in [0.1, 0.15) is 46.1 Å². The van der Waals surface area contributed by atoms with Crippen LogP contribution in [0.5, 0.6) is 5.75 Å². The molecular weight excluding hydrogens is 292 g/mol. The predicted octanol–water partition coefficient (Wildman–Crippen LogP) is 2.42. The van der Waals surface area contributed by atoms with Crippen LogP contribution in [0.4, 0.5) is 0 Å². The van der Waals surface area contributed by atoms with Crippen LogP contribution in [0.3, 0.4) is 0 Å². The van der Waals surface area contributed by atoms with Gasteiger partial charge < -0.3 is 15.8 Å². The first-order valence-electron chi connectivity index (χ1n) is 8.01. The smallest absolute Gasteiger partial charge is 0.239 e. The number of hydrogen-bond acceptors (Lipinski definition) is 3. The van der Waals surface area contributed by atoms with Gasteiger partial charge in [-0.3, -0.25) is 9.59 Å². The summed E-state index contributed by atoms with van der Waals surface area (Å²) < 4.78 is 5.36. The molecule has 0 heterocycles. The zero-order chi connectivity index (χ0) is 17.5. The van der Waals surface area contributed by atoms with Gasteiger partial charge in [-0.15, -0.1) is 0 Å². The van der Waals surface area contributed by atoms with Gasteiger partial charge in [0.15, 0.2) is 0 Å². The van der Waals surface area contributed by atoms with Gasteiger partial charge in [0.05, 0.1) is 13.0 Å². The SMILES string of the molecule is CCOc1ccc(CC(=O)N[C@@H](CCC(C)(C)C)C(N)=O)cc1. The van der Waals surface area contributed by atoms with Gasteiger partial charge in [0.1, 0.15) is 11.8 Å². The number of nitrogens with one attached hydrogen (secondary N) is 1. The minimum atomic E-state index is -0.621. The third kappa shape index (κ3) is 7.68. The van der Waals surface area contributed by atoms with Gasteiger partial charge in [-0.2, -0.15) is 0 Å². The maximum Gasteiger partial charge on any atom is 0.239 e. The second kappa shape index (κ2) is 8.56. The number of benzene rings is 1. The highest BCUT2D eigenvalue weighted by atomic mass is 16.5. The molecule has 0 aliphatic rings. The van der Waals surface area contributed by atoms with Gasteiger partial charge in [0.25, 0.3) is 0 Å². The standard InChI is InChI=1S/C18H28N2O3/c1-5-23-14-8-6-13(7-9-14)12-16(21)20-15(17(19)22)10-11-18(2,3)4/h6-9,15H,5,10-12H2,1-4H3,(H2,19,22)(H,20,21)/t15-/m0/s1. The van der Waals surface area contributed by atoms with Gasteiger partial charge in [-0.1, -0.05) is 32.9 Å². The molecule has 1 rings (SSSR count). The fourth-order valence-electron chi connectivity index (χ4n) is 2.16. The summed E-state index contributed by atoms with van der Waals surface area (Å²) in [4.78, 5) is 23.6. The Labute approximate surface area is 138 Å². The second-order valence-corrected chi connectivity index (χ2v) is 6.88. The Kier molecular flexibility index (Phi) is 7.07. The fourth-order valence-corrected chi connectivity index (χ4v) is 2.16. The molecule has 0 unspecified atom stereocenters. The molecule has 128 valence electrons. The molecule has 0 saturated heterocycles. The largest absolute Gasteiger partial charge is 0.494 e. The summed E-state index contributed by atoms with van der Waals surface area (Å²) in [5, 5.41) is 2.73. The van der Waals surface area contributed by atoms with Crippen LogP contribution in [0.2, 0.25) is 0 Å². The lowest BCUT2D eigenvalue weighted by molar-refractivity contribution is -0.127. The maximum absolute atomic E-state index is 12.1. The molecule has 5 heteroatoms. The van der Waals surface area contributed by atoms with E-state index in [0.717, 1.165) is 17.7 Å². The van der Waals surface area contributed by atoms with Crippen molar-refractivity contribution in [3.63, 3.8) is 0 Å². The Hall–Kier alpha value is -2.04. The van der Waals surface area contributed by atoms with E-state index in [4.69, 9.17) is 10.5 Å². The topological polar surface area (TPSA) is 81.4 Å². The molecule has 0 aliphatic carbocycles. The Morgan fingerprint density at radius 2 is 1.83 bits per heavy atom. The molecule has 2 amide bonds. The van der Waals surface area contributed by atoms with E-state index in [1.165, 1.54) is 0 Å². The van der Waals surface area contributed by atoms with E-state index in [-0.39, 0.29) is 17.7 Å². The molecular formula is C18H28N2O3. The fraction of sp³-hybridized carbons (Fsp3) is 0.556. The summed E-state index contributed by atoms with van der Waals surface area (Å²) in [5.41, 5.74) is 6.35. The minimum Gasteiger partial charge on any atom is -0.494 e. The zero-order valence-corrected chi connectivity index (χ0v) is 14.5. The van der Waals surface area contributed by atoms with Crippen LogP contribution in [0, 0.1) is 5.41 Å². The summed E-state index contributed by atoms with van der Waals surface area (Å²) in [7, 11) is 0. The van der Waals surface area contributed by atoms with E-state index in [0.29, 0.717) is 13.0 Å².